The van der Waals surface area contributed by atoms with Crippen LogP contribution in [0.3, 0.4) is 0 Å². The van der Waals surface area contributed by atoms with Gasteiger partial charge in [-0.05, 0) is 42.5 Å². The molecule has 4 aliphatic heterocycles. The van der Waals surface area contributed by atoms with Gasteiger partial charge in [0.1, 0.15) is 11.5 Å². The molecule has 3 aromatic carbocycles. The normalized spacial score (nSPS) is 20.9. The summed E-state index contributed by atoms with van der Waals surface area (Å²) in [5.74, 6) is -7.03. The van der Waals surface area contributed by atoms with Gasteiger partial charge in [0, 0.05) is 40.2 Å². The predicted octanol–water partition coefficient (Wildman–Crippen LogP) is 4.86. The third-order valence-corrected chi connectivity index (χ3v) is 7.44. The Morgan fingerprint density at radius 2 is 1.29 bits per heavy atom. The number of rotatable bonds is 3. The number of carbonyl (C=O) groups excluding carboxylic acids is 1. The molecule has 0 saturated carbocycles. The van der Waals surface area contributed by atoms with Crippen molar-refractivity contribution in [2.24, 2.45) is 0 Å². The average Bonchev–Trinajstić information content (AvgIpc) is 3.12. The molecule has 7 rings (SSSR count). The zero-order valence-corrected chi connectivity index (χ0v) is 19.5. The summed E-state index contributed by atoms with van der Waals surface area (Å²) in [6.07, 6.45) is 0. The maximum Gasteiger partial charge on any atom is 0.340 e. The SMILES string of the molecule is O=C(O)c1ccc2c(c1)C1(OC2=O)c2ccc(N3CC(F)(F)C3)cc2Oc2cc(N3CC(F)(F)C3)ccc21. The molecule has 0 amide bonds. The molecule has 1 spiro atoms. The van der Waals surface area contributed by atoms with Crippen LogP contribution in [-0.4, -0.2) is 55.1 Å². The van der Waals surface area contributed by atoms with Crippen LogP contribution < -0.4 is 14.5 Å². The van der Waals surface area contributed by atoms with Crippen LogP contribution in [0.4, 0.5) is 28.9 Å². The van der Waals surface area contributed by atoms with E-state index in [0.717, 1.165) is 0 Å². The smallest absolute Gasteiger partial charge is 0.340 e. The molecule has 4 aliphatic rings. The second kappa shape index (κ2) is 7.18. The number of halogens is 4. The number of carboxylic acids is 1. The lowest BCUT2D eigenvalue weighted by molar-refractivity contribution is -0.0268. The quantitative estimate of drug-likeness (QED) is 0.386. The number of esters is 1. The molecule has 0 aromatic heterocycles. The second-order valence-corrected chi connectivity index (χ2v) is 10.0. The first-order chi connectivity index (χ1) is 18.0. The lowest BCUT2D eigenvalue weighted by Crippen LogP contribution is -2.56. The highest BCUT2D eigenvalue weighted by Gasteiger charge is 2.54. The molecule has 2 fully saturated rings. The van der Waals surface area contributed by atoms with E-state index in [1.807, 2.05) is 0 Å². The summed E-state index contributed by atoms with van der Waals surface area (Å²) >= 11 is 0. The van der Waals surface area contributed by atoms with Crippen LogP contribution in [0.2, 0.25) is 0 Å². The monoisotopic (exact) mass is 526 g/mol. The molecule has 3 aromatic rings. The Hall–Kier alpha value is -4.28. The van der Waals surface area contributed by atoms with Crippen LogP contribution in [0.5, 0.6) is 11.5 Å². The van der Waals surface area contributed by atoms with Crippen LogP contribution in [0.15, 0.2) is 54.6 Å². The Labute approximate surface area is 212 Å². The Morgan fingerprint density at radius 1 is 0.763 bits per heavy atom. The molecular weight excluding hydrogens is 508 g/mol. The first-order valence-electron chi connectivity index (χ1n) is 11.8. The fourth-order valence-corrected chi connectivity index (χ4v) is 5.61. The van der Waals surface area contributed by atoms with E-state index in [4.69, 9.17) is 9.47 Å². The van der Waals surface area contributed by atoms with Gasteiger partial charge in [-0.3, -0.25) is 0 Å². The van der Waals surface area contributed by atoms with Gasteiger partial charge in [0.2, 0.25) is 0 Å². The highest BCUT2D eigenvalue weighted by atomic mass is 19.3. The molecule has 38 heavy (non-hydrogen) atoms. The van der Waals surface area contributed by atoms with E-state index in [2.05, 4.69) is 0 Å². The predicted molar refractivity (Wildman–Crippen MR) is 126 cm³/mol. The number of ether oxygens (including phenoxy) is 2. The van der Waals surface area contributed by atoms with Crippen molar-refractivity contribution in [3.63, 3.8) is 0 Å². The lowest BCUT2D eigenvalue weighted by Gasteiger charge is -2.43. The molecule has 4 heterocycles. The van der Waals surface area contributed by atoms with E-state index in [1.165, 1.54) is 28.0 Å². The summed E-state index contributed by atoms with van der Waals surface area (Å²) in [6, 6.07) is 13.7. The minimum atomic E-state index is -2.80. The largest absolute Gasteiger partial charge is 0.478 e. The number of hydrogen-bond donors (Lipinski definition) is 1. The fourth-order valence-electron chi connectivity index (χ4n) is 5.61. The topological polar surface area (TPSA) is 79.3 Å². The van der Waals surface area contributed by atoms with Crippen molar-refractivity contribution in [2.75, 3.05) is 36.0 Å². The summed E-state index contributed by atoms with van der Waals surface area (Å²) < 4.78 is 66.4. The summed E-state index contributed by atoms with van der Waals surface area (Å²) in [5, 5.41) is 9.62. The molecular formula is C27H18F4N2O5. The average molecular weight is 526 g/mol. The van der Waals surface area contributed by atoms with Crippen LogP contribution in [-0.2, 0) is 10.3 Å². The molecule has 194 valence electrons. The number of fused-ring (bicyclic) bond motifs is 6. The van der Waals surface area contributed by atoms with Gasteiger partial charge >= 0.3 is 11.9 Å². The zero-order chi connectivity index (χ0) is 26.6. The van der Waals surface area contributed by atoms with Crippen molar-refractivity contribution in [1.82, 2.24) is 0 Å². The second-order valence-electron chi connectivity index (χ2n) is 10.0. The van der Waals surface area contributed by atoms with Crippen LogP contribution in [0, 0.1) is 0 Å². The van der Waals surface area contributed by atoms with E-state index >= 15 is 0 Å². The van der Waals surface area contributed by atoms with E-state index in [0.29, 0.717) is 28.1 Å². The van der Waals surface area contributed by atoms with Crippen molar-refractivity contribution in [3.05, 3.63) is 82.4 Å². The van der Waals surface area contributed by atoms with E-state index in [-0.39, 0.29) is 22.6 Å². The van der Waals surface area contributed by atoms with Gasteiger partial charge in [0.05, 0.1) is 37.3 Å². The number of carboxylic acid groups (broad SMARTS) is 1. The summed E-state index contributed by atoms with van der Waals surface area (Å²) in [4.78, 5) is 27.8. The number of anilines is 2. The van der Waals surface area contributed by atoms with Gasteiger partial charge in [-0.1, -0.05) is 0 Å². The maximum absolute atomic E-state index is 13.5. The van der Waals surface area contributed by atoms with Crippen molar-refractivity contribution >= 4 is 23.3 Å². The Morgan fingerprint density at radius 3 is 1.76 bits per heavy atom. The molecule has 11 heteroatoms. The fraction of sp³-hybridized carbons (Fsp3) is 0.259. The van der Waals surface area contributed by atoms with Gasteiger partial charge in [0.15, 0.2) is 5.60 Å². The number of alkyl halides is 4. The number of carbonyl (C=O) groups is 2. The van der Waals surface area contributed by atoms with E-state index in [9.17, 15) is 32.3 Å². The van der Waals surface area contributed by atoms with Crippen LogP contribution >= 0.6 is 0 Å². The van der Waals surface area contributed by atoms with Gasteiger partial charge in [0.25, 0.3) is 11.8 Å². The number of nitrogens with zero attached hydrogens (tertiary/aromatic N) is 2. The molecule has 2 saturated heterocycles. The first-order valence-corrected chi connectivity index (χ1v) is 11.8. The van der Waals surface area contributed by atoms with Gasteiger partial charge in [-0.15, -0.1) is 0 Å². The number of benzene rings is 3. The zero-order valence-electron chi connectivity index (χ0n) is 19.5. The highest BCUT2D eigenvalue weighted by molar-refractivity contribution is 5.99. The third kappa shape index (κ3) is 3.13. The standard InChI is InChI=1S/C27H18F4N2O5/c28-25(29)10-32(11-25)15-2-5-18-21(8-15)37-22-9-16(33-12-26(30,31)13-33)3-6-19(22)27(18)20-7-14(23(34)35)1-4-17(20)24(36)38-27/h1-9H,10-13H2,(H,34,35). The minimum absolute atomic E-state index is 0.0603. The van der Waals surface area contributed by atoms with E-state index in [1.54, 1.807) is 36.4 Å². The molecule has 0 aliphatic carbocycles. The van der Waals surface area contributed by atoms with Gasteiger partial charge < -0.3 is 24.4 Å². The molecule has 0 bridgehead atoms. The number of hydrogen-bond acceptors (Lipinski definition) is 6. The Kier molecular flexibility index (Phi) is 4.32. The van der Waals surface area contributed by atoms with Gasteiger partial charge in [-0.2, -0.15) is 0 Å². The van der Waals surface area contributed by atoms with E-state index < -0.39 is 55.6 Å². The Bertz CT molecular complexity index is 1480. The van der Waals surface area contributed by atoms with Crippen LogP contribution in [0.1, 0.15) is 37.4 Å². The summed E-state index contributed by atoms with van der Waals surface area (Å²) in [6.45, 7) is -1.83. The maximum atomic E-state index is 13.5. The first kappa shape index (κ1) is 22.9. The number of aromatic carboxylic acids is 1. The molecule has 0 atom stereocenters. The summed E-state index contributed by atoms with van der Waals surface area (Å²) in [5.41, 5.74) is 0.528. The highest BCUT2D eigenvalue weighted by Crippen LogP contribution is 2.57. The molecule has 0 unspecified atom stereocenters. The lowest BCUT2D eigenvalue weighted by atomic mass is 9.77. The molecule has 0 radical (unpaired) electrons. The van der Waals surface area contributed by atoms with Crippen molar-refractivity contribution in [1.29, 1.82) is 0 Å². The third-order valence-electron chi connectivity index (χ3n) is 7.44. The summed E-state index contributed by atoms with van der Waals surface area (Å²) in [7, 11) is 0. The van der Waals surface area contributed by atoms with Gasteiger partial charge in [-0.25, -0.2) is 27.2 Å². The van der Waals surface area contributed by atoms with Crippen molar-refractivity contribution in [3.8, 4) is 11.5 Å². The molecule has 7 nitrogen and oxygen atoms in total. The van der Waals surface area contributed by atoms with Crippen molar-refractivity contribution in [2.45, 2.75) is 17.4 Å². The van der Waals surface area contributed by atoms with Crippen LogP contribution in [0.25, 0.3) is 0 Å². The molecule has 1 N–H and O–H groups in total. The Balaban J connectivity index is 1.41. The van der Waals surface area contributed by atoms with Crippen molar-refractivity contribution < 1.29 is 41.7 Å². The minimum Gasteiger partial charge on any atom is -0.478 e.